The van der Waals surface area contributed by atoms with Crippen LogP contribution in [0, 0.1) is 0 Å². The molecule has 2 aliphatic heterocycles. The van der Waals surface area contributed by atoms with Gasteiger partial charge in [-0.15, -0.1) is 0 Å². The van der Waals surface area contributed by atoms with E-state index in [1.807, 2.05) is 0 Å². The van der Waals surface area contributed by atoms with Crippen LogP contribution in [0.3, 0.4) is 0 Å². The molecule has 102 valence electrons. The molecule has 2 heterocycles. The normalized spacial score (nSPS) is 29.5. The van der Waals surface area contributed by atoms with E-state index in [0.29, 0.717) is 0 Å². The lowest BCUT2D eigenvalue weighted by molar-refractivity contribution is 0.250. The number of nitrogens with two attached hydrogens (primary N) is 1. The Morgan fingerprint density at radius 3 is 2.26 bits per heavy atom. The van der Waals surface area contributed by atoms with Gasteiger partial charge in [-0.05, 0) is 42.6 Å². The Morgan fingerprint density at radius 1 is 1.05 bits per heavy atom. The van der Waals surface area contributed by atoms with Gasteiger partial charge in [0.1, 0.15) is 23.7 Å². The predicted molar refractivity (Wildman–Crippen MR) is 76.8 cm³/mol. The first-order valence-electron chi connectivity index (χ1n) is 6.99. The average Bonchev–Trinajstić information content (AvgIpc) is 2.79. The molecule has 3 nitrogen and oxygen atoms in total. The molecule has 19 heavy (non-hydrogen) atoms. The molecule has 0 spiro atoms. The highest BCUT2D eigenvalue weighted by atomic mass is 79.9. The molecule has 0 radical (unpaired) electrons. The van der Waals surface area contributed by atoms with Crippen LogP contribution in [-0.2, 0) is 18.4 Å². The fraction of sp³-hybridized carbons (Fsp3) is 0.600. The molecule has 1 aromatic carbocycles. The standard InChI is InChI=1S/C15H18BrNO2/c1-7-5-9-11(15(17)3-4-15)13-10(6-8(2)18-13)12(16)14(9)19-7/h7-8H,3-6,17H2,1-2H3. The minimum atomic E-state index is -0.174. The fourth-order valence-corrected chi connectivity index (χ4v) is 4.05. The summed E-state index contributed by atoms with van der Waals surface area (Å²) in [5.74, 6) is 2.05. The van der Waals surface area contributed by atoms with Crippen LogP contribution in [0.15, 0.2) is 4.47 Å². The second-order valence-electron chi connectivity index (χ2n) is 6.23. The molecule has 4 rings (SSSR count). The van der Waals surface area contributed by atoms with Crippen molar-refractivity contribution in [3.63, 3.8) is 0 Å². The number of rotatable bonds is 1. The van der Waals surface area contributed by atoms with Crippen LogP contribution < -0.4 is 15.2 Å². The van der Waals surface area contributed by atoms with Crippen molar-refractivity contribution in [1.82, 2.24) is 0 Å². The first kappa shape index (κ1) is 12.0. The summed E-state index contributed by atoms with van der Waals surface area (Å²) < 4.78 is 13.2. The maximum absolute atomic E-state index is 6.50. The summed E-state index contributed by atoms with van der Waals surface area (Å²) in [6, 6.07) is 0. The summed E-state index contributed by atoms with van der Waals surface area (Å²) in [5, 5.41) is 0. The van der Waals surface area contributed by atoms with Crippen molar-refractivity contribution in [3.8, 4) is 11.5 Å². The molecule has 4 heteroatoms. The second kappa shape index (κ2) is 3.67. The zero-order valence-corrected chi connectivity index (χ0v) is 12.8. The number of fused-ring (bicyclic) bond motifs is 2. The molecular formula is C15H18BrNO2. The minimum Gasteiger partial charge on any atom is -0.490 e. The molecule has 0 amide bonds. The monoisotopic (exact) mass is 323 g/mol. The van der Waals surface area contributed by atoms with Gasteiger partial charge in [0.25, 0.3) is 0 Å². The van der Waals surface area contributed by atoms with Crippen LogP contribution in [0.25, 0.3) is 0 Å². The van der Waals surface area contributed by atoms with E-state index >= 15 is 0 Å². The Kier molecular flexibility index (Phi) is 2.32. The molecule has 1 aromatic rings. The molecule has 1 aliphatic carbocycles. The fourth-order valence-electron chi connectivity index (χ4n) is 3.37. The van der Waals surface area contributed by atoms with Gasteiger partial charge in [0, 0.05) is 35.1 Å². The lowest BCUT2D eigenvalue weighted by Crippen LogP contribution is -2.22. The van der Waals surface area contributed by atoms with E-state index in [1.54, 1.807) is 0 Å². The number of halogens is 1. The van der Waals surface area contributed by atoms with Gasteiger partial charge in [-0.1, -0.05) is 0 Å². The van der Waals surface area contributed by atoms with Crippen molar-refractivity contribution in [2.24, 2.45) is 5.73 Å². The van der Waals surface area contributed by atoms with Crippen LogP contribution in [-0.4, -0.2) is 12.2 Å². The smallest absolute Gasteiger partial charge is 0.138 e. The van der Waals surface area contributed by atoms with Crippen molar-refractivity contribution in [1.29, 1.82) is 0 Å². The van der Waals surface area contributed by atoms with Crippen molar-refractivity contribution in [3.05, 3.63) is 21.2 Å². The SMILES string of the molecule is CC1Cc2c(c(Br)c3c(c2C2(N)CC2)OC(C)C3)O1. The average molecular weight is 324 g/mol. The maximum Gasteiger partial charge on any atom is 0.138 e. The summed E-state index contributed by atoms with van der Waals surface area (Å²) in [4.78, 5) is 0. The number of benzene rings is 1. The van der Waals surface area contributed by atoms with E-state index in [1.165, 1.54) is 16.7 Å². The summed E-state index contributed by atoms with van der Waals surface area (Å²) >= 11 is 3.71. The largest absolute Gasteiger partial charge is 0.490 e. The molecule has 0 aromatic heterocycles. The van der Waals surface area contributed by atoms with E-state index in [2.05, 4.69) is 29.8 Å². The zero-order valence-electron chi connectivity index (χ0n) is 11.3. The summed E-state index contributed by atoms with van der Waals surface area (Å²) in [5.41, 5.74) is 10.1. The number of ether oxygens (including phenoxy) is 2. The maximum atomic E-state index is 6.50. The highest BCUT2D eigenvalue weighted by Gasteiger charge is 2.48. The Morgan fingerprint density at radius 2 is 1.63 bits per heavy atom. The lowest BCUT2D eigenvalue weighted by atomic mass is 9.92. The Bertz CT molecular complexity index is 541. The first-order chi connectivity index (χ1) is 8.99. The van der Waals surface area contributed by atoms with Gasteiger partial charge in [-0.25, -0.2) is 0 Å². The molecule has 3 aliphatic rings. The van der Waals surface area contributed by atoms with Crippen LogP contribution in [0.2, 0.25) is 0 Å². The Labute approximate surface area is 121 Å². The van der Waals surface area contributed by atoms with Crippen molar-refractivity contribution < 1.29 is 9.47 Å². The molecule has 1 saturated carbocycles. The molecule has 2 N–H and O–H groups in total. The van der Waals surface area contributed by atoms with Crippen molar-refractivity contribution in [2.75, 3.05) is 0 Å². The topological polar surface area (TPSA) is 44.5 Å². The van der Waals surface area contributed by atoms with Gasteiger partial charge in [0.05, 0.1) is 4.47 Å². The van der Waals surface area contributed by atoms with Gasteiger partial charge >= 0.3 is 0 Å². The van der Waals surface area contributed by atoms with E-state index in [-0.39, 0.29) is 17.7 Å². The third kappa shape index (κ3) is 1.59. The Balaban J connectivity index is 2.00. The van der Waals surface area contributed by atoms with E-state index in [0.717, 1.165) is 41.7 Å². The van der Waals surface area contributed by atoms with Gasteiger partial charge in [-0.2, -0.15) is 0 Å². The van der Waals surface area contributed by atoms with Gasteiger partial charge in [0.2, 0.25) is 0 Å². The highest BCUT2D eigenvalue weighted by Crippen LogP contribution is 2.57. The highest BCUT2D eigenvalue weighted by molar-refractivity contribution is 9.10. The second-order valence-corrected chi connectivity index (χ2v) is 7.02. The lowest BCUT2D eigenvalue weighted by Gasteiger charge is -2.19. The first-order valence-corrected chi connectivity index (χ1v) is 7.79. The van der Waals surface area contributed by atoms with E-state index < -0.39 is 0 Å². The van der Waals surface area contributed by atoms with Crippen molar-refractivity contribution >= 4 is 15.9 Å². The van der Waals surface area contributed by atoms with Crippen LogP contribution in [0.1, 0.15) is 43.4 Å². The molecule has 0 saturated heterocycles. The van der Waals surface area contributed by atoms with Crippen molar-refractivity contribution in [2.45, 2.75) is 57.3 Å². The summed E-state index contributed by atoms with van der Waals surface area (Å²) in [6.07, 6.45) is 4.44. The molecule has 1 fully saturated rings. The van der Waals surface area contributed by atoms with E-state index in [9.17, 15) is 0 Å². The molecular weight excluding hydrogens is 306 g/mol. The molecule has 2 unspecified atom stereocenters. The van der Waals surface area contributed by atoms with Gasteiger partial charge in [-0.3, -0.25) is 0 Å². The molecule has 0 bridgehead atoms. The third-order valence-corrected chi connectivity index (χ3v) is 5.29. The minimum absolute atomic E-state index is 0.174. The summed E-state index contributed by atoms with van der Waals surface area (Å²) in [6.45, 7) is 4.22. The summed E-state index contributed by atoms with van der Waals surface area (Å²) in [7, 11) is 0. The zero-order chi connectivity index (χ0) is 13.4. The van der Waals surface area contributed by atoms with Gasteiger partial charge in [0.15, 0.2) is 0 Å². The van der Waals surface area contributed by atoms with Crippen LogP contribution >= 0.6 is 15.9 Å². The quantitative estimate of drug-likeness (QED) is 0.863. The van der Waals surface area contributed by atoms with Gasteiger partial charge < -0.3 is 15.2 Å². The number of hydrogen-bond donors (Lipinski definition) is 1. The Hall–Kier alpha value is -0.740. The third-order valence-electron chi connectivity index (χ3n) is 4.45. The van der Waals surface area contributed by atoms with E-state index in [4.69, 9.17) is 15.2 Å². The molecule has 2 atom stereocenters. The predicted octanol–water partition coefficient (Wildman–Crippen LogP) is 3.04. The number of hydrogen-bond acceptors (Lipinski definition) is 3. The van der Waals surface area contributed by atoms with Crippen LogP contribution in [0.5, 0.6) is 11.5 Å². The van der Waals surface area contributed by atoms with Crippen LogP contribution in [0.4, 0.5) is 0 Å².